The van der Waals surface area contributed by atoms with Gasteiger partial charge in [0.25, 0.3) is 0 Å². The third-order valence-electron chi connectivity index (χ3n) is 7.18. The molecule has 0 saturated carbocycles. The van der Waals surface area contributed by atoms with Gasteiger partial charge in [-0.25, -0.2) is 12.1 Å². The van der Waals surface area contributed by atoms with Gasteiger partial charge >= 0.3 is 30.2 Å². The molecule has 0 bridgehead atoms. The average Bonchev–Trinajstić information content (AvgIpc) is 3.62. The van der Waals surface area contributed by atoms with Crippen LogP contribution in [0.25, 0.3) is 0 Å². The van der Waals surface area contributed by atoms with E-state index in [4.69, 9.17) is 0 Å². The molecule has 2 nitrogen and oxygen atoms in total. The van der Waals surface area contributed by atoms with Crippen LogP contribution in [0, 0.1) is 42.5 Å². The Balaban J connectivity index is 0.000000488. The van der Waals surface area contributed by atoms with Gasteiger partial charge in [-0.3, -0.25) is 0 Å². The zero-order valence-electron chi connectivity index (χ0n) is 25.7. The van der Waals surface area contributed by atoms with Gasteiger partial charge in [-0.1, -0.05) is 87.8 Å². The summed E-state index contributed by atoms with van der Waals surface area (Å²) in [6.07, 6.45) is 10.9. The number of aryl methyl sites for hydroxylation is 8. The Labute approximate surface area is 261 Å². The van der Waals surface area contributed by atoms with E-state index in [0.29, 0.717) is 11.5 Å². The molecular formula is C36H50O2SiZr-4. The maximum Gasteiger partial charge on any atom is -0.0512 e. The van der Waals surface area contributed by atoms with Crippen LogP contribution < -0.4 is 0 Å². The Morgan fingerprint density at radius 3 is 1.12 bits per heavy atom. The van der Waals surface area contributed by atoms with E-state index in [0.717, 1.165) is 22.3 Å². The van der Waals surface area contributed by atoms with Crippen molar-refractivity contribution in [2.45, 2.75) is 79.1 Å². The van der Waals surface area contributed by atoms with Gasteiger partial charge in [-0.2, -0.15) is 46.5 Å². The molecular weight excluding hydrogens is 584 g/mol. The van der Waals surface area contributed by atoms with Crippen molar-refractivity contribution in [1.82, 2.24) is 0 Å². The van der Waals surface area contributed by atoms with Gasteiger partial charge in [-0.15, -0.1) is 0 Å². The largest absolute Gasteiger partial charge is 0.210 e. The van der Waals surface area contributed by atoms with Crippen LogP contribution in [-0.4, -0.2) is 17.1 Å². The molecule has 40 heavy (non-hydrogen) atoms. The molecule has 0 amide bonds. The Morgan fingerprint density at radius 2 is 0.850 bits per heavy atom. The number of aromatic hydroxyl groups is 2. The van der Waals surface area contributed by atoms with Crippen LogP contribution in [0.5, 0.6) is 11.5 Å². The fourth-order valence-corrected chi connectivity index (χ4v) is 4.84. The van der Waals surface area contributed by atoms with Gasteiger partial charge in [0.2, 0.25) is 0 Å². The summed E-state index contributed by atoms with van der Waals surface area (Å²) in [6, 6.07) is 24.8. The minimum atomic E-state index is 0. The molecule has 0 spiro atoms. The molecule has 218 valence electrons. The van der Waals surface area contributed by atoms with Crippen molar-refractivity contribution in [2.24, 2.45) is 0 Å². The first-order valence-electron chi connectivity index (χ1n) is 13.7. The molecule has 0 aromatic heterocycles. The molecule has 6 rings (SSSR count). The van der Waals surface area contributed by atoms with E-state index < -0.39 is 0 Å². The predicted octanol–water partition coefficient (Wildman–Crippen LogP) is 8.57. The van der Waals surface area contributed by atoms with Crippen LogP contribution in [-0.2, 0) is 49.0 Å². The second-order valence-electron chi connectivity index (χ2n) is 10.0. The van der Waals surface area contributed by atoms with Crippen LogP contribution >= 0.6 is 0 Å². The van der Waals surface area contributed by atoms with E-state index in [1.165, 1.54) is 51.4 Å². The van der Waals surface area contributed by atoms with E-state index in [-0.39, 0.29) is 14.9 Å². The number of hydrogen-bond acceptors (Lipinski definition) is 2. The molecule has 0 atom stereocenters. The Kier molecular flexibility index (Phi) is 19.6. The zero-order chi connectivity index (χ0) is 27.9. The molecule has 0 aliphatic heterocycles. The van der Waals surface area contributed by atoms with Gasteiger partial charge in [0.1, 0.15) is 11.5 Å². The number of phenols is 2. The molecule has 4 heteroatoms. The van der Waals surface area contributed by atoms with Crippen LogP contribution in [0.3, 0.4) is 0 Å². The molecule has 0 radical (unpaired) electrons. The first-order chi connectivity index (χ1) is 18.4. The quantitative estimate of drug-likeness (QED) is 0.150. The zero-order valence-corrected chi connectivity index (χ0v) is 29.6. The maximum absolute atomic E-state index is 9.21. The minimum absolute atomic E-state index is 0. The van der Waals surface area contributed by atoms with Crippen LogP contribution in [0.4, 0.5) is 0 Å². The summed E-state index contributed by atoms with van der Waals surface area (Å²) in [4.78, 5) is 0. The summed E-state index contributed by atoms with van der Waals surface area (Å²) in [6.45, 7) is 9.52. The first kappa shape index (κ1) is 37.8. The standard InChI is InChI=1S/2C9H11.2C8H10O.2CH3.H2Si.Zr/c2*1-2-5-9-7-3-6-8(9)4-1;2*1-6-4-3-5-7(2)8(6)9;;;;/h2*3,6-7H,1-2,4-5H2;2*3-5,9H,1-2H3;2*1H3;1H2;/q2*-1;;;2*-1;;. The van der Waals surface area contributed by atoms with Crippen LogP contribution in [0.2, 0.25) is 0 Å². The van der Waals surface area contributed by atoms with E-state index >= 15 is 0 Å². The van der Waals surface area contributed by atoms with Gasteiger partial charge in [0.05, 0.1) is 0 Å². The summed E-state index contributed by atoms with van der Waals surface area (Å²) in [7, 11) is 0. The van der Waals surface area contributed by atoms with Crippen molar-refractivity contribution >= 4 is 6.88 Å². The minimum Gasteiger partial charge on any atom is -0.210 e. The van der Waals surface area contributed by atoms with Gasteiger partial charge in [0, 0.05) is 0 Å². The second kappa shape index (κ2) is 20.7. The molecule has 2 N–H and O–H groups in total. The van der Waals surface area contributed by atoms with E-state index in [9.17, 15) is 10.2 Å². The van der Waals surface area contributed by atoms with Crippen molar-refractivity contribution in [2.75, 3.05) is 0 Å². The van der Waals surface area contributed by atoms with E-state index in [1.54, 1.807) is 45.6 Å². The van der Waals surface area contributed by atoms with Gasteiger partial charge < -0.3 is 25.1 Å². The number of para-hydroxylation sites is 2. The number of fused-ring (bicyclic) bond motifs is 2. The average molecular weight is 634 g/mol. The van der Waals surface area contributed by atoms with Gasteiger partial charge in [-0.05, 0) is 49.9 Å². The molecule has 4 aromatic carbocycles. The maximum atomic E-state index is 9.21. The van der Waals surface area contributed by atoms with Crippen molar-refractivity contribution in [3.05, 3.63) is 132 Å². The summed E-state index contributed by atoms with van der Waals surface area (Å²) in [5.41, 5.74) is 10.2. The van der Waals surface area contributed by atoms with Crippen molar-refractivity contribution in [3.8, 4) is 11.5 Å². The molecule has 0 unspecified atom stereocenters. The first-order valence-corrected chi connectivity index (χ1v) is 19.6. The fourth-order valence-electron chi connectivity index (χ4n) is 4.84. The number of rotatable bonds is 0. The van der Waals surface area contributed by atoms with Crippen LogP contribution in [0.15, 0.2) is 72.8 Å². The number of phenolic OH excluding ortho intramolecular Hbond substituents is 2. The molecule has 2 aliphatic carbocycles. The monoisotopic (exact) mass is 632 g/mol. The Bertz CT molecular complexity index is 1060. The molecule has 0 heterocycles. The van der Waals surface area contributed by atoms with Crippen molar-refractivity contribution < 1.29 is 33.5 Å². The normalized spacial score (nSPS) is 12.2. The predicted molar refractivity (Wildman–Crippen MR) is 174 cm³/mol. The summed E-state index contributed by atoms with van der Waals surface area (Å²) >= 11 is 1.58. The second-order valence-corrected chi connectivity index (χ2v) is 10.0. The Hall–Kier alpha value is -2.16. The molecule has 2 aliphatic rings. The third-order valence-corrected chi connectivity index (χ3v) is 7.18. The number of benzene rings is 2. The summed E-state index contributed by atoms with van der Waals surface area (Å²) in [5.74, 6) is 0.829. The SMILES string of the molecule is Cc1cccc(C)c1O.Cc1cccc(C)c1O.[CH3-].[CH3-].[SiH2]=[Zr].c1cc2c([cH-]1)CCCC2.c1cc2c([cH-]1)CCCC2. The topological polar surface area (TPSA) is 40.5 Å². The third kappa shape index (κ3) is 12.1. The molecule has 0 fully saturated rings. The fraction of sp³-hybridized carbons (Fsp3) is 0.333. The summed E-state index contributed by atoms with van der Waals surface area (Å²) in [5, 5.41) is 18.4. The number of hydrogen-bond donors (Lipinski definition) is 2. The van der Waals surface area contributed by atoms with Crippen LogP contribution in [0.1, 0.15) is 70.2 Å². The van der Waals surface area contributed by atoms with Gasteiger partial charge in [0.15, 0.2) is 0 Å². The van der Waals surface area contributed by atoms with E-state index in [2.05, 4.69) is 36.4 Å². The van der Waals surface area contributed by atoms with Crippen molar-refractivity contribution in [1.29, 1.82) is 0 Å². The molecule has 0 saturated heterocycles. The Morgan fingerprint density at radius 1 is 0.550 bits per heavy atom. The van der Waals surface area contributed by atoms with Crippen molar-refractivity contribution in [3.63, 3.8) is 0 Å². The van der Waals surface area contributed by atoms with E-state index in [1.807, 2.05) is 71.0 Å². The summed E-state index contributed by atoms with van der Waals surface area (Å²) < 4.78 is 0. The molecule has 4 aromatic rings. The smallest absolute Gasteiger partial charge is 0.0512 e.